The second kappa shape index (κ2) is 17.5. The molecule has 0 aliphatic carbocycles. The summed E-state index contributed by atoms with van der Waals surface area (Å²) in [7, 11) is 6.44. The zero-order chi connectivity index (χ0) is 33.2. The number of carbonyl (C=O) groups is 1. The van der Waals surface area contributed by atoms with Crippen molar-refractivity contribution in [1.29, 1.82) is 0 Å². The molecule has 8 heteroatoms. The number of ether oxygens (including phenoxy) is 6. The van der Waals surface area contributed by atoms with Gasteiger partial charge in [-0.2, -0.15) is 0 Å². The fraction of sp³-hybridized carbons (Fsp3) is 0.694. The molecular formula is C36H58O8. The predicted molar refractivity (Wildman–Crippen MR) is 174 cm³/mol. The van der Waals surface area contributed by atoms with Crippen molar-refractivity contribution in [2.75, 3.05) is 28.4 Å². The maximum atomic E-state index is 13.5. The predicted octanol–water partition coefficient (Wildman–Crippen LogP) is 6.70. The van der Waals surface area contributed by atoms with E-state index in [-0.39, 0.29) is 41.6 Å². The standard InChI is InChI=1S/C36H58O8/c1-13-29-28(8)32(41-11)21-36(42-12,44-29)27(7)20-26(6)34-30(39-9)16-14-15-22(2)17-24(4)33(37)25(5)18-23(3)19-31(40-10)35(38)43-34/h14-16,18-20,24-26,28-30,32-34,37H,13,17,21H2,1-12H3/b16-14+,22-15+,23-18+,27-20+,31-19-/t24-,25?,26?,28-,29?,30-,32?,33?,34?,36?/m0/s1. The fourth-order valence-electron chi connectivity index (χ4n) is 6.50. The molecule has 1 N–H and O–H groups in total. The molecule has 0 aromatic heterocycles. The number of aliphatic hydroxyl groups excluding tert-OH is 1. The lowest BCUT2D eigenvalue weighted by atomic mass is 9.83. The lowest BCUT2D eigenvalue weighted by molar-refractivity contribution is -0.282. The van der Waals surface area contributed by atoms with E-state index >= 15 is 0 Å². The van der Waals surface area contributed by atoms with Gasteiger partial charge in [0.2, 0.25) is 5.76 Å². The Morgan fingerprint density at radius 3 is 2.41 bits per heavy atom. The van der Waals surface area contributed by atoms with E-state index in [0.717, 1.165) is 29.6 Å². The fourth-order valence-corrected chi connectivity index (χ4v) is 6.50. The Balaban J connectivity index is 2.58. The molecule has 2 aliphatic rings. The molecule has 2 heterocycles. The van der Waals surface area contributed by atoms with Crippen LogP contribution in [-0.4, -0.2) is 75.8 Å². The van der Waals surface area contributed by atoms with E-state index < -0.39 is 30.1 Å². The molecule has 1 fully saturated rings. The van der Waals surface area contributed by atoms with Crippen LogP contribution in [0.15, 0.2) is 58.9 Å². The van der Waals surface area contributed by atoms with Gasteiger partial charge in [-0.25, -0.2) is 4.79 Å². The average molecular weight is 619 g/mol. The molecule has 2 rings (SSSR count). The van der Waals surface area contributed by atoms with Gasteiger partial charge < -0.3 is 33.5 Å². The second-order valence-electron chi connectivity index (χ2n) is 12.7. The number of hydrogen-bond donors (Lipinski definition) is 1. The van der Waals surface area contributed by atoms with Gasteiger partial charge in [-0.15, -0.1) is 0 Å². The largest absolute Gasteiger partial charge is 0.490 e. The van der Waals surface area contributed by atoms with Crippen molar-refractivity contribution in [2.24, 2.45) is 23.7 Å². The van der Waals surface area contributed by atoms with Gasteiger partial charge in [-0.3, -0.25) is 0 Å². The van der Waals surface area contributed by atoms with Crippen LogP contribution in [0.1, 0.15) is 74.7 Å². The lowest BCUT2D eigenvalue weighted by Crippen LogP contribution is -2.53. The van der Waals surface area contributed by atoms with Crippen LogP contribution in [-0.2, 0) is 33.2 Å². The average Bonchev–Trinajstić information content (AvgIpc) is 2.99. The highest BCUT2D eigenvalue weighted by Gasteiger charge is 2.47. The second-order valence-corrected chi connectivity index (χ2v) is 12.7. The summed E-state index contributed by atoms with van der Waals surface area (Å²) >= 11 is 0. The molecule has 2 aliphatic heterocycles. The minimum Gasteiger partial charge on any atom is -0.490 e. The van der Waals surface area contributed by atoms with Crippen LogP contribution in [0, 0.1) is 23.7 Å². The van der Waals surface area contributed by atoms with Crippen molar-refractivity contribution in [2.45, 2.75) is 111 Å². The molecule has 8 nitrogen and oxygen atoms in total. The van der Waals surface area contributed by atoms with Crippen molar-refractivity contribution in [3.63, 3.8) is 0 Å². The normalized spacial score (nSPS) is 40.0. The third kappa shape index (κ3) is 9.63. The number of allylic oxidation sites excluding steroid dienone is 5. The Kier molecular flexibility index (Phi) is 15.1. The third-order valence-corrected chi connectivity index (χ3v) is 9.24. The minimum atomic E-state index is -0.972. The maximum absolute atomic E-state index is 13.5. The maximum Gasteiger partial charge on any atom is 0.373 e. The molecule has 0 spiro atoms. The monoisotopic (exact) mass is 618 g/mol. The van der Waals surface area contributed by atoms with Crippen LogP contribution < -0.4 is 0 Å². The van der Waals surface area contributed by atoms with Crippen LogP contribution in [0.25, 0.3) is 0 Å². The number of aliphatic hydroxyl groups is 1. The Labute approximate surface area is 266 Å². The highest BCUT2D eigenvalue weighted by atomic mass is 16.7. The molecule has 7 unspecified atom stereocenters. The van der Waals surface area contributed by atoms with Crippen molar-refractivity contribution in [3.05, 3.63) is 58.9 Å². The van der Waals surface area contributed by atoms with E-state index in [1.807, 2.05) is 65.0 Å². The Hall–Kier alpha value is -2.23. The quantitative estimate of drug-likeness (QED) is 0.237. The Morgan fingerprint density at radius 1 is 1.16 bits per heavy atom. The van der Waals surface area contributed by atoms with Crippen molar-refractivity contribution in [1.82, 2.24) is 0 Å². The smallest absolute Gasteiger partial charge is 0.373 e. The van der Waals surface area contributed by atoms with Gasteiger partial charge in [-0.05, 0) is 51.2 Å². The highest BCUT2D eigenvalue weighted by molar-refractivity contribution is 5.87. The van der Waals surface area contributed by atoms with E-state index in [1.54, 1.807) is 27.4 Å². The van der Waals surface area contributed by atoms with Gasteiger partial charge in [0.25, 0.3) is 0 Å². The van der Waals surface area contributed by atoms with Gasteiger partial charge in [0.05, 0.1) is 25.4 Å². The summed E-state index contributed by atoms with van der Waals surface area (Å²) in [5, 5.41) is 10.9. The molecule has 0 amide bonds. The van der Waals surface area contributed by atoms with Gasteiger partial charge >= 0.3 is 5.97 Å². The number of rotatable bonds is 8. The lowest BCUT2D eigenvalue weighted by Gasteiger charge is -2.47. The first-order chi connectivity index (χ1) is 20.8. The minimum absolute atomic E-state index is 0.0327. The first-order valence-electron chi connectivity index (χ1n) is 15.9. The molecule has 0 bridgehead atoms. The molecular weight excluding hydrogens is 560 g/mol. The van der Waals surface area contributed by atoms with E-state index in [4.69, 9.17) is 28.4 Å². The molecule has 10 atom stereocenters. The van der Waals surface area contributed by atoms with Crippen LogP contribution in [0.3, 0.4) is 0 Å². The van der Waals surface area contributed by atoms with Gasteiger partial charge in [0.1, 0.15) is 12.2 Å². The van der Waals surface area contributed by atoms with Crippen LogP contribution in [0.4, 0.5) is 0 Å². The molecule has 1 saturated heterocycles. The number of methoxy groups -OCH3 is 4. The summed E-state index contributed by atoms with van der Waals surface area (Å²) in [6.45, 7) is 16.2. The summed E-state index contributed by atoms with van der Waals surface area (Å²) in [5.74, 6) is -1.65. The van der Waals surface area contributed by atoms with E-state index in [9.17, 15) is 9.90 Å². The Morgan fingerprint density at radius 2 is 1.84 bits per heavy atom. The number of cyclic esters (lactones) is 1. The molecule has 44 heavy (non-hydrogen) atoms. The van der Waals surface area contributed by atoms with Crippen molar-refractivity contribution < 1.29 is 38.3 Å². The van der Waals surface area contributed by atoms with Gasteiger partial charge in [0.15, 0.2) is 5.79 Å². The van der Waals surface area contributed by atoms with Crippen LogP contribution in [0.5, 0.6) is 0 Å². The summed E-state index contributed by atoms with van der Waals surface area (Å²) < 4.78 is 36.1. The Bertz CT molecular complexity index is 1070. The highest BCUT2D eigenvalue weighted by Crippen LogP contribution is 2.41. The zero-order valence-corrected chi connectivity index (χ0v) is 29.1. The number of hydrogen-bond acceptors (Lipinski definition) is 8. The summed E-state index contributed by atoms with van der Waals surface area (Å²) in [5.41, 5.74) is 2.80. The van der Waals surface area contributed by atoms with E-state index in [2.05, 4.69) is 20.8 Å². The summed E-state index contributed by atoms with van der Waals surface area (Å²) in [6.07, 6.45) is 11.8. The SMILES string of the molecule is CCC1OC(OC)(/C(C)=C/C(C)C2OC(=O)/C(OC)=C/C(C)=C/C(C)C(O)[C@@H](C)C/C(C)=C/C=C/[C@@H]2OC)CC(OC)[C@H]1C. The van der Waals surface area contributed by atoms with Crippen molar-refractivity contribution in [3.8, 4) is 0 Å². The zero-order valence-electron chi connectivity index (χ0n) is 29.1. The van der Waals surface area contributed by atoms with E-state index in [0.29, 0.717) is 6.42 Å². The first kappa shape index (κ1) is 38.0. The molecule has 0 radical (unpaired) electrons. The van der Waals surface area contributed by atoms with Crippen LogP contribution >= 0.6 is 0 Å². The van der Waals surface area contributed by atoms with Gasteiger partial charge in [-0.1, -0.05) is 76.1 Å². The van der Waals surface area contributed by atoms with Crippen LogP contribution in [0.2, 0.25) is 0 Å². The number of esters is 1. The number of carbonyl (C=O) groups excluding carboxylic acids is 1. The molecule has 250 valence electrons. The third-order valence-electron chi connectivity index (χ3n) is 9.24. The first-order valence-corrected chi connectivity index (χ1v) is 15.9. The molecule has 0 aromatic rings. The summed E-state index contributed by atoms with van der Waals surface area (Å²) in [6, 6.07) is 0. The van der Waals surface area contributed by atoms with E-state index in [1.165, 1.54) is 7.11 Å². The van der Waals surface area contributed by atoms with Gasteiger partial charge in [0, 0.05) is 45.5 Å². The molecule has 0 saturated carbocycles. The van der Waals surface area contributed by atoms with Crippen molar-refractivity contribution >= 4 is 5.97 Å². The molecule has 0 aromatic carbocycles. The topological polar surface area (TPSA) is 92.7 Å². The summed E-state index contributed by atoms with van der Waals surface area (Å²) in [4.78, 5) is 13.5.